The van der Waals surface area contributed by atoms with Gasteiger partial charge in [-0.3, -0.25) is 10.1 Å². The van der Waals surface area contributed by atoms with Crippen molar-refractivity contribution in [2.75, 3.05) is 11.9 Å². The van der Waals surface area contributed by atoms with Crippen LogP contribution >= 0.6 is 39.7 Å². The van der Waals surface area contributed by atoms with E-state index in [9.17, 15) is 4.79 Å². The molecule has 1 aliphatic heterocycles. The van der Waals surface area contributed by atoms with Gasteiger partial charge in [-0.05, 0) is 31.9 Å². The highest BCUT2D eigenvalue weighted by atomic mass is 79.9. The van der Waals surface area contributed by atoms with E-state index in [1.165, 1.54) is 11.3 Å². The molecule has 0 radical (unpaired) electrons. The number of halogens is 2. The van der Waals surface area contributed by atoms with Crippen molar-refractivity contribution in [1.29, 1.82) is 0 Å². The van der Waals surface area contributed by atoms with Gasteiger partial charge in [0.05, 0.1) is 11.8 Å². The summed E-state index contributed by atoms with van der Waals surface area (Å²) in [6, 6.07) is 7.96. The van der Waals surface area contributed by atoms with E-state index in [2.05, 4.69) is 26.2 Å². The molecular weight excluding hydrogens is 414 g/mol. The first kappa shape index (κ1) is 19.3. The fourth-order valence-electron chi connectivity index (χ4n) is 2.58. The SMILES string of the molecule is Cc1sc(NC(=O)[C@@H]2CC[C@H](CN)O2)nc1-c1ccc(Br)cc1.Cl. The lowest BCUT2D eigenvalue weighted by Crippen LogP contribution is -2.29. The number of nitrogens with zero attached hydrogens (tertiary/aromatic N) is 1. The van der Waals surface area contributed by atoms with Crippen LogP contribution in [-0.4, -0.2) is 29.6 Å². The van der Waals surface area contributed by atoms with Crippen LogP contribution in [0.15, 0.2) is 28.7 Å². The Morgan fingerprint density at radius 1 is 1.42 bits per heavy atom. The third kappa shape index (κ3) is 4.34. The van der Waals surface area contributed by atoms with Gasteiger partial charge in [0.2, 0.25) is 0 Å². The van der Waals surface area contributed by atoms with Crippen LogP contribution < -0.4 is 11.1 Å². The second kappa shape index (κ2) is 8.40. The van der Waals surface area contributed by atoms with Crippen molar-refractivity contribution >= 4 is 50.7 Å². The van der Waals surface area contributed by atoms with Crippen molar-refractivity contribution < 1.29 is 9.53 Å². The predicted octanol–water partition coefficient (Wildman–Crippen LogP) is 3.75. The summed E-state index contributed by atoms with van der Waals surface area (Å²) in [5.41, 5.74) is 7.50. The topological polar surface area (TPSA) is 77.2 Å². The van der Waals surface area contributed by atoms with E-state index < -0.39 is 6.10 Å². The first-order valence-corrected chi connectivity index (χ1v) is 9.07. The molecule has 0 saturated carbocycles. The average molecular weight is 433 g/mol. The van der Waals surface area contributed by atoms with Gasteiger partial charge in [0.15, 0.2) is 5.13 Å². The molecule has 0 spiro atoms. The summed E-state index contributed by atoms with van der Waals surface area (Å²) in [4.78, 5) is 17.9. The number of ether oxygens (including phenoxy) is 1. The summed E-state index contributed by atoms with van der Waals surface area (Å²) in [6.07, 6.45) is 1.10. The van der Waals surface area contributed by atoms with E-state index in [-0.39, 0.29) is 24.4 Å². The first-order valence-electron chi connectivity index (χ1n) is 7.46. The molecule has 1 saturated heterocycles. The largest absolute Gasteiger partial charge is 0.364 e. The van der Waals surface area contributed by atoms with Crippen molar-refractivity contribution in [3.05, 3.63) is 33.6 Å². The lowest BCUT2D eigenvalue weighted by molar-refractivity contribution is -0.126. The Bertz CT molecular complexity index is 708. The molecule has 0 bridgehead atoms. The zero-order chi connectivity index (χ0) is 16.4. The Morgan fingerprint density at radius 2 is 2.12 bits per heavy atom. The van der Waals surface area contributed by atoms with Gasteiger partial charge in [0.25, 0.3) is 5.91 Å². The third-order valence-corrected chi connectivity index (χ3v) is 5.22. The minimum atomic E-state index is -0.427. The van der Waals surface area contributed by atoms with Crippen LogP contribution in [0, 0.1) is 6.92 Å². The number of hydrogen-bond acceptors (Lipinski definition) is 5. The summed E-state index contributed by atoms with van der Waals surface area (Å²) < 4.78 is 6.64. The number of anilines is 1. The van der Waals surface area contributed by atoms with Gasteiger partial charge in [-0.2, -0.15) is 0 Å². The van der Waals surface area contributed by atoms with Gasteiger partial charge < -0.3 is 10.5 Å². The summed E-state index contributed by atoms with van der Waals surface area (Å²) in [7, 11) is 0. The zero-order valence-electron chi connectivity index (χ0n) is 13.1. The Morgan fingerprint density at radius 3 is 2.75 bits per heavy atom. The number of nitrogens with two attached hydrogens (primary N) is 1. The van der Waals surface area contributed by atoms with E-state index >= 15 is 0 Å². The number of thiazole rings is 1. The molecule has 1 aliphatic rings. The second-order valence-electron chi connectivity index (χ2n) is 5.48. The number of aromatic nitrogens is 1. The van der Waals surface area contributed by atoms with E-state index in [1.807, 2.05) is 31.2 Å². The number of carbonyl (C=O) groups is 1. The number of benzene rings is 1. The molecule has 5 nitrogen and oxygen atoms in total. The molecule has 0 aliphatic carbocycles. The number of aryl methyl sites for hydroxylation is 1. The maximum absolute atomic E-state index is 12.3. The summed E-state index contributed by atoms with van der Waals surface area (Å²) in [5, 5.41) is 3.47. The van der Waals surface area contributed by atoms with Gasteiger partial charge in [-0.15, -0.1) is 23.7 Å². The lowest BCUT2D eigenvalue weighted by atomic mass is 10.1. The molecule has 1 aromatic heterocycles. The Hall–Kier alpha value is -0.990. The standard InChI is InChI=1S/C16H18BrN3O2S.ClH/c1-9-14(10-2-4-11(17)5-3-10)19-16(23-9)20-15(21)13-7-6-12(8-18)22-13;/h2-5,12-13H,6-8,18H2,1H3,(H,19,20,21);1H/t12-,13+;/m1./s1. The van der Waals surface area contributed by atoms with Crippen molar-refractivity contribution in [3.8, 4) is 11.3 Å². The maximum atomic E-state index is 12.3. The molecule has 1 aromatic carbocycles. The van der Waals surface area contributed by atoms with Crippen molar-refractivity contribution in [2.24, 2.45) is 5.73 Å². The van der Waals surface area contributed by atoms with Gasteiger partial charge in [0, 0.05) is 21.5 Å². The summed E-state index contributed by atoms with van der Waals surface area (Å²) >= 11 is 4.90. The fourth-order valence-corrected chi connectivity index (χ4v) is 3.69. The number of nitrogens with one attached hydrogen (secondary N) is 1. The molecular formula is C16H19BrClN3O2S. The Kier molecular flexibility index (Phi) is 6.77. The van der Waals surface area contributed by atoms with Crippen LogP contribution in [0.25, 0.3) is 11.3 Å². The number of hydrogen-bond donors (Lipinski definition) is 2. The summed E-state index contributed by atoms with van der Waals surface area (Å²) in [5.74, 6) is -0.142. The number of carbonyl (C=O) groups excluding carboxylic acids is 1. The van der Waals surface area contributed by atoms with E-state index in [4.69, 9.17) is 10.5 Å². The van der Waals surface area contributed by atoms with Gasteiger partial charge in [-0.1, -0.05) is 28.1 Å². The van der Waals surface area contributed by atoms with Gasteiger partial charge >= 0.3 is 0 Å². The fraction of sp³-hybridized carbons (Fsp3) is 0.375. The van der Waals surface area contributed by atoms with Crippen molar-refractivity contribution in [1.82, 2.24) is 4.98 Å². The molecule has 1 amide bonds. The molecule has 2 aromatic rings. The Balaban J connectivity index is 0.00000208. The van der Waals surface area contributed by atoms with E-state index in [1.54, 1.807) is 0 Å². The monoisotopic (exact) mass is 431 g/mol. The van der Waals surface area contributed by atoms with Crippen LogP contribution in [0.3, 0.4) is 0 Å². The van der Waals surface area contributed by atoms with Crippen LogP contribution in [0.1, 0.15) is 17.7 Å². The minimum Gasteiger partial charge on any atom is -0.364 e. The van der Waals surface area contributed by atoms with E-state index in [0.29, 0.717) is 18.1 Å². The number of amides is 1. The van der Waals surface area contributed by atoms with Gasteiger partial charge in [0.1, 0.15) is 6.10 Å². The van der Waals surface area contributed by atoms with Crippen LogP contribution in [0.2, 0.25) is 0 Å². The smallest absolute Gasteiger partial charge is 0.255 e. The highest BCUT2D eigenvalue weighted by Crippen LogP contribution is 2.31. The second-order valence-corrected chi connectivity index (χ2v) is 7.60. The molecule has 0 unspecified atom stereocenters. The third-order valence-electron chi connectivity index (χ3n) is 3.81. The van der Waals surface area contributed by atoms with Crippen LogP contribution in [-0.2, 0) is 9.53 Å². The predicted molar refractivity (Wildman–Crippen MR) is 103 cm³/mol. The maximum Gasteiger partial charge on any atom is 0.255 e. The van der Waals surface area contributed by atoms with Crippen molar-refractivity contribution in [3.63, 3.8) is 0 Å². The first-order chi connectivity index (χ1) is 11.1. The van der Waals surface area contributed by atoms with Gasteiger partial charge in [-0.25, -0.2) is 4.98 Å². The Labute approximate surface area is 159 Å². The quantitative estimate of drug-likeness (QED) is 0.771. The molecule has 2 heterocycles. The molecule has 2 atom stereocenters. The van der Waals surface area contributed by atoms with Crippen molar-refractivity contribution in [2.45, 2.75) is 32.0 Å². The molecule has 3 N–H and O–H groups in total. The lowest BCUT2D eigenvalue weighted by Gasteiger charge is -2.11. The number of rotatable bonds is 4. The molecule has 1 fully saturated rings. The minimum absolute atomic E-state index is 0. The summed E-state index contributed by atoms with van der Waals surface area (Å²) in [6.45, 7) is 2.45. The molecule has 3 rings (SSSR count). The van der Waals surface area contributed by atoms with Crippen LogP contribution in [0.4, 0.5) is 5.13 Å². The average Bonchev–Trinajstić information content (AvgIpc) is 3.15. The molecule has 24 heavy (non-hydrogen) atoms. The van der Waals surface area contributed by atoms with E-state index in [0.717, 1.165) is 27.0 Å². The molecule has 8 heteroatoms. The normalized spacial score (nSPS) is 19.8. The highest BCUT2D eigenvalue weighted by molar-refractivity contribution is 9.10. The van der Waals surface area contributed by atoms with Crippen LogP contribution in [0.5, 0.6) is 0 Å². The zero-order valence-corrected chi connectivity index (χ0v) is 16.3. The highest BCUT2D eigenvalue weighted by Gasteiger charge is 2.30. The molecule has 130 valence electrons.